The lowest BCUT2D eigenvalue weighted by atomic mass is 9.94. The first-order valence-corrected chi connectivity index (χ1v) is 7.41. The molecule has 2 rings (SSSR count). The van der Waals surface area contributed by atoms with Crippen molar-refractivity contribution in [1.82, 2.24) is 4.90 Å². The molecule has 3 unspecified atom stereocenters. The SMILES string of the molecule is CCC(N)C(c1ccccc1OC)N1CCOC(C)C1. The smallest absolute Gasteiger partial charge is 0.123 e. The van der Waals surface area contributed by atoms with Crippen LogP contribution in [-0.2, 0) is 4.74 Å². The number of nitrogens with two attached hydrogens (primary N) is 1. The molecule has 1 fully saturated rings. The minimum absolute atomic E-state index is 0.0941. The molecule has 0 bridgehead atoms. The summed E-state index contributed by atoms with van der Waals surface area (Å²) in [6.07, 6.45) is 1.19. The van der Waals surface area contributed by atoms with E-state index in [1.807, 2.05) is 12.1 Å². The fraction of sp³-hybridized carbons (Fsp3) is 0.625. The molecule has 0 amide bonds. The van der Waals surface area contributed by atoms with Gasteiger partial charge >= 0.3 is 0 Å². The molecule has 2 N–H and O–H groups in total. The molecule has 1 aromatic rings. The average molecular weight is 278 g/mol. The van der Waals surface area contributed by atoms with Gasteiger partial charge < -0.3 is 15.2 Å². The fourth-order valence-electron chi connectivity index (χ4n) is 2.93. The van der Waals surface area contributed by atoms with Crippen molar-refractivity contribution in [3.63, 3.8) is 0 Å². The number of hydrogen-bond acceptors (Lipinski definition) is 4. The number of hydrogen-bond donors (Lipinski definition) is 1. The van der Waals surface area contributed by atoms with E-state index in [1.165, 1.54) is 5.56 Å². The maximum Gasteiger partial charge on any atom is 0.123 e. The van der Waals surface area contributed by atoms with Crippen LogP contribution >= 0.6 is 0 Å². The predicted molar refractivity (Wildman–Crippen MR) is 81.0 cm³/mol. The van der Waals surface area contributed by atoms with Gasteiger partial charge in [-0.3, -0.25) is 4.90 Å². The highest BCUT2D eigenvalue weighted by Crippen LogP contribution is 2.33. The van der Waals surface area contributed by atoms with Crippen molar-refractivity contribution < 1.29 is 9.47 Å². The third kappa shape index (κ3) is 3.32. The second kappa shape index (κ2) is 7.07. The average Bonchev–Trinajstić information content (AvgIpc) is 2.48. The molecule has 4 heteroatoms. The number of para-hydroxylation sites is 1. The van der Waals surface area contributed by atoms with Crippen molar-refractivity contribution in [2.75, 3.05) is 26.8 Å². The molecule has 0 saturated carbocycles. The minimum Gasteiger partial charge on any atom is -0.496 e. The van der Waals surface area contributed by atoms with E-state index in [4.69, 9.17) is 15.2 Å². The highest BCUT2D eigenvalue weighted by atomic mass is 16.5. The van der Waals surface area contributed by atoms with Crippen molar-refractivity contribution >= 4 is 0 Å². The zero-order chi connectivity index (χ0) is 14.5. The maximum atomic E-state index is 6.41. The summed E-state index contributed by atoms with van der Waals surface area (Å²) >= 11 is 0. The highest BCUT2D eigenvalue weighted by Gasteiger charge is 2.31. The summed E-state index contributed by atoms with van der Waals surface area (Å²) in [5.74, 6) is 0.917. The van der Waals surface area contributed by atoms with E-state index in [9.17, 15) is 0 Å². The summed E-state index contributed by atoms with van der Waals surface area (Å²) in [6.45, 7) is 6.85. The number of ether oxygens (including phenoxy) is 2. The van der Waals surface area contributed by atoms with Crippen molar-refractivity contribution in [3.8, 4) is 5.75 Å². The van der Waals surface area contributed by atoms with Gasteiger partial charge in [-0.1, -0.05) is 25.1 Å². The van der Waals surface area contributed by atoms with Gasteiger partial charge in [0.2, 0.25) is 0 Å². The molecule has 0 radical (unpaired) electrons. The molecule has 20 heavy (non-hydrogen) atoms. The Bertz CT molecular complexity index is 425. The van der Waals surface area contributed by atoms with E-state index >= 15 is 0 Å². The Kier molecular flexibility index (Phi) is 5.40. The molecule has 3 atom stereocenters. The first-order valence-electron chi connectivity index (χ1n) is 7.41. The lowest BCUT2D eigenvalue weighted by Gasteiger charge is -2.40. The molecule has 1 aromatic carbocycles. The van der Waals surface area contributed by atoms with Crippen LogP contribution in [0.4, 0.5) is 0 Å². The lowest BCUT2D eigenvalue weighted by Crippen LogP contribution is -2.48. The zero-order valence-corrected chi connectivity index (χ0v) is 12.7. The van der Waals surface area contributed by atoms with Crippen molar-refractivity contribution in [3.05, 3.63) is 29.8 Å². The van der Waals surface area contributed by atoms with E-state index in [2.05, 4.69) is 30.9 Å². The van der Waals surface area contributed by atoms with E-state index in [1.54, 1.807) is 7.11 Å². The van der Waals surface area contributed by atoms with Crippen LogP contribution in [0.3, 0.4) is 0 Å². The Balaban J connectivity index is 2.31. The summed E-state index contributed by atoms with van der Waals surface area (Å²) in [5.41, 5.74) is 7.59. The van der Waals surface area contributed by atoms with Crippen LogP contribution in [-0.4, -0.2) is 43.9 Å². The van der Waals surface area contributed by atoms with Gasteiger partial charge in [0, 0.05) is 24.7 Å². The van der Waals surface area contributed by atoms with E-state index in [0.29, 0.717) is 0 Å². The van der Waals surface area contributed by atoms with E-state index < -0.39 is 0 Å². The molecule has 4 nitrogen and oxygen atoms in total. The predicted octanol–water partition coefficient (Wildman–Crippen LogP) is 2.19. The summed E-state index contributed by atoms with van der Waals surface area (Å²) < 4.78 is 11.2. The van der Waals surface area contributed by atoms with Crippen molar-refractivity contribution in [1.29, 1.82) is 0 Å². The number of morpholine rings is 1. The van der Waals surface area contributed by atoms with Gasteiger partial charge in [-0.05, 0) is 19.4 Å². The summed E-state index contributed by atoms with van der Waals surface area (Å²) in [7, 11) is 1.72. The molecule has 0 spiro atoms. The number of rotatable bonds is 5. The number of benzene rings is 1. The Morgan fingerprint density at radius 2 is 2.20 bits per heavy atom. The monoisotopic (exact) mass is 278 g/mol. The molecule has 112 valence electrons. The Hall–Kier alpha value is -1.10. The van der Waals surface area contributed by atoms with Crippen LogP contribution < -0.4 is 10.5 Å². The fourth-order valence-corrected chi connectivity index (χ4v) is 2.93. The van der Waals surface area contributed by atoms with Gasteiger partial charge in [0.25, 0.3) is 0 Å². The second-order valence-electron chi connectivity index (χ2n) is 5.44. The first kappa shape index (κ1) is 15.3. The third-order valence-electron chi connectivity index (χ3n) is 4.00. The summed E-state index contributed by atoms with van der Waals surface area (Å²) in [5, 5.41) is 0. The standard InChI is InChI=1S/C16H26N2O2/c1-4-14(17)16(18-9-10-20-12(2)11-18)13-7-5-6-8-15(13)19-3/h5-8,12,14,16H,4,9-11,17H2,1-3H3. The van der Waals surface area contributed by atoms with Crippen molar-refractivity contribution in [2.45, 2.75) is 38.5 Å². The molecular formula is C16H26N2O2. The summed E-state index contributed by atoms with van der Waals surface area (Å²) in [4.78, 5) is 2.43. The molecule has 1 heterocycles. The van der Waals surface area contributed by atoms with E-state index in [0.717, 1.165) is 31.9 Å². The van der Waals surface area contributed by atoms with Gasteiger partial charge in [-0.2, -0.15) is 0 Å². The second-order valence-corrected chi connectivity index (χ2v) is 5.44. The topological polar surface area (TPSA) is 47.7 Å². The molecule has 1 saturated heterocycles. The molecule has 0 aliphatic carbocycles. The van der Waals surface area contributed by atoms with Crippen LogP contribution in [0.15, 0.2) is 24.3 Å². The zero-order valence-electron chi connectivity index (χ0n) is 12.7. The minimum atomic E-state index is 0.0941. The molecule has 0 aromatic heterocycles. The lowest BCUT2D eigenvalue weighted by molar-refractivity contribution is -0.0389. The van der Waals surface area contributed by atoms with Crippen LogP contribution in [0.1, 0.15) is 31.9 Å². The molecule has 1 aliphatic rings. The van der Waals surface area contributed by atoms with Gasteiger partial charge in [-0.15, -0.1) is 0 Å². The van der Waals surface area contributed by atoms with Crippen LogP contribution in [0, 0.1) is 0 Å². The van der Waals surface area contributed by atoms with Gasteiger partial charge in [0.15, 0.2) is 0 Å². The first-order chi connectivity index (χ1) is 9.67. The normalized spacial score (nSPS) is 23.3. The largest absolute Gasteiger partial charge is 0.496 e. The highest BCUT2D eigenvalue weighted by molar-refractivity contribution is 5.37. The third-order valence-corrected chi connectivity index (χ3v) is 4.00. The Morgan fingerprint density at radius 3 is 2.85 bits per heavy atom. The summed E-state index contributed by atoms with van der Waals surface area (Å²) in [6, 6.07) is 8.46. The van der Waals surface area contributed by atoms with Gasteiger partial charge in [0.1, 0.15) is 5.75 Å². The molecular weight excluding hydrogens is 252 g/mol. The van der Waals surface area contributed by atoms with Crippen LogP contribution in [0.25, 0.3) is 0 Å². The van der Waals surface area contributed by atoms with Crippen LogP contribution in [0.5, 0.6) is 5.75 Å². The van der Waals surface area contributed by atoms with E-state index in [-0.39, 0.29) is 18.2 Å². The number of methoxy groups -OCH3 is 1. The van der Waals surface area contributed by atoms with Crippen molar-refractivity contribution in [2.24, 2.45) is 5.73 Å². The van der Waals surface area contributed by atoms with Gasteiger partial charge in [-0.25, -0.2) is 0 Å². The number of nitrogens with zero attached hydrogens (tertiary/aromatic N) is 1. The molecule has 1 aliphatic heterocycles. The van der Waals surface area contributed by atoms with Gasteiger partial charge in [0.05, 0.1) is 25.9 Å². The quantitative estimate of drug-likeness (QED) is 0.897. The Morgan fingerprint density at radius 1 is 1.45 bits per heavy atom. The Labute approximate surface area is 121 Å². The maximum absolute atomic E-state index is 6.41. The van der Waals surface area contributed by atoms with Crippen LogP contribution in [0.2, 0.25) is 0 Å².